The summed E-state index contributed by atoms with van der Waals surface area (Å²) < 4.78 is 0.689. The van der Waals surface area contributed by atoms with Crippen LogP contribution in [0.4, 0.5) is 0 Å². The molecule has 0 saturated carbocycles. The second kappa shape index (κ2) is 6.83. The highest BCUT2D eigenvalue weighted by Gasteiger charge is 2.56. The first-order chi connectivity index (χ1) is 14.7. The third-order valence-corrected chi connectivity index (χ3v) is 7.33. The second-order valence-corrected chi connectivity index (χ2v) is 9.34. The van der Waals surface area contributed by atoms with Gasteiger partial charge in [-0.05, 0) is 50.0 Å². The highest BCUT2D eigenvalue weighted by Crippen LogP contribution is 2.56. The fourth-order valence-electron chi connectivity index (χ4n) is 5.48. The quantitative estimate of drug-likeness (QED) is 0.275. The minimum Gasteiger partial charge on any atom is -0.508 e. The molecule has 0 aromatic heterocycles. The van der Waals surface area contributed by atoms with Crippen LogP contribution in [-0.2, 0) is 19.2 Å². The van der Waals surface area contributed by atoms with Gasteiger partial charge in [0.2, 0.25) is 0 Å². The maximum atomic E-state index is 13.1. The Morgan fingerprint density at radius 3 is 2.58 bits per heavy atom. The van der Waals surface area contributed by atoms with Crippen LogP contribution in [0.5, 0.6) is 5.75 Å². The molecule has 1 aromatic carbocycles. The number of amides is 2. The van der Waals surface area contributed by atoms with E-state index < -0.39 is 35.5 Å². The Balaban J connectivity index is 1.75. The van der Waals surface area contributed by atoms with E-state index in [0.29, 0.717) is 26.8 Å². The molecule has 31 heavy (non-hydrogen) atoms. The molecule has 7 nitrogen and oxygen atoms in total. The normalized spacial score (nSPS) is 30.1. The maximum Gasteiger partial charge on any atom is 0.257 e. The van der Waals surface area contributed by atoms with Gasteiger partial charge in [0.15, 0.2) is 11.6 Å². The first kappa shape index (κ1) is 20.1. The van der Waals surface area contributed by atoms with E-state index in [-0.39, 0.29) is 35.2 Å². The van der Waals surface area contributed by atoms with Crippen molar-refractivity contribution in [2.45, 2.75) is 25.7 Å². The number of phenolic OH excluding ortho intramolecular Hbond substituents is 1. The van der Waals surface area contributed by atoms with Crippen molar-refractivity contribution in [2.24, 2.45) is 17.8 Å². The summed E-state index contributed by atoms with van der Waals surface area (Å²) in [7, 11) is 0. The summed E-state index contributed by atoms with van der Waals surface area (Å²) in [6.45, 7) is 1.57. The highest BCUT2D eigenvalue weighted by atomic mass is 79.9. The molecule has 1 heterocycles. The second-order valence-electron chi connectivity index (χ2n) is 8.42. The largest absolute Gasteiger partial charge is 0.508 e. The highest BCUT2D eigenvalue weighted by molar-refractivity contribution is 9.10. The number of halogens is 1. The number of benzene rings is 1. The van der Waals surface area contributed by atoms with Gasteiger partial charge in [0, 0.05) is 32.7 Å². The predicted octanol–water partition coefficient (Wildman–Crippen LogP) is 2.97. The Hall–Kier alpha value is -2.84. The molecular weight excluding hydrogens is 466 g/mol. The van der Waals surface area contributed by atoms with E-state index in [9.17, 15) is 29.5 Å². The van der Waals surface area contributed by atoms with E-state index in [0.717, 1.165) is 5.57 Å². The molecule has 4 atom stereocenters. The monoisotopic (exact) mass is 483 g/mol. The minimum atomic E-state index is -0.808. The van der Waals surface area contributed by atoms with Crippen molar-refractivity contribution in [3.8, 4) is 5.75 Å². The van der Waals surface area contributed by atoms with Crippen LogP contribution in [0.15, 0.2) is 57.1 Å². The lowest BCUT2D eigenvalue weighted by molar-refractivity contribution is -0.173. The summed E-state index contributed by atoms with van der Waals surface area (Å²) in [6.07, 6.45) is 3.52. The van der Waals surface area contributed by atoms with Gasteiger partial charge in [-0.2, -0.15) is 5.06 Å². The number of phenols is 1. The first-order valence-corrected chi connectivity index (χ1v) is 10.8. The fraction of sp³-hybridized carbons (Fsp3) is 0.304. The number of imide groups is 1. The molecule has 5 rings (SSSR count). The fourth-order valence-corrected chi connectivity index (χ4v) is 5.86. The molecule has 1 fully saturated rings. The van der Waals surface area contributed by atoms with Gasteiger partial charge in [-0.1, -0.05) is 27.6 Å². The number of ketones is 2. The molecule has 4 aliphatic rings. The van der Waals surface area contributed by atoms with Crippen molar-refractivity contribution in [1.29, 1.82) is 0 Å². The van der Waals surface area contributed by atoms with Crippen molar-refractivity contribution >= 4 is 39.3 Å². The van der Waals surface area contributed by atoms with E-state index in [4.69, 9.17) is 0 Å². The zero-order chi connectivity index (χ0) is 22.2. The molecule has 0 radical (unpaired) electrons. The molecule has 0 unspecified atom stereocenters. The summed E-state index contributed by atoms with van der Waals surface area (Å²) in [5, 5.41) is 20.8. The van der Waals surface area contributed by atoms with E-state index >= 15 is 0 Å². The van der Waals surface area contributed by atoms with Crippen molar-refractivity contribution in [2.75, 3.05) is 0 Å². The molecule has 1 aromatic rings. The Morgan fingerprint density at radius 1 is 1.10 bits per heavy atom. The van der Waals surface area contributed by atoms with Crippen LogP contribution in [0.25, 0.3) is 0 Å². The van der Waals surface area contributed by atoms with E-state index in [1.807, 2.05) is 6.08 Å². The number of nitrogens with zero attached hydrogens (tertiary/aromatic N) is 1. The lowest BCUT2D eigenvalue weighted by atomic mass is 9.59. The van der Waals surface area contributed by atoms with Crippen LogP contribution in [0.3, 0.4) is 0 Å². The van der Waals surface area contributed by atoms with Gasteiger partial charge in [0.1, 0.15) is 5.75 Å². The molecule has 2 amide bonds. The van der Waals surface area contributed by atoms with Crippen LogP contribution in [0, 0.1) is 17.8 Å². The predicted molar refractivity (Wildman–Crippen MR) is 111 cm³/mol. The van der Waals surface area contributed by atoms with Crippen LogP contribution < -0.4 is 0 Å². The summed E-state index contributed by atoms with van der Waals surface area (Å²) in [5.41, 5.74) is 2.11. The minimum absolute atomic E-state index is 0.0344. The zero-order valence-corrected chi connectivity index (χ0v) is 18.0. The lowest BCUT2D eigenvalue weighted by Crippen LogP contribution is -2.39. The van der Waals surface area contributed by atoms with Crippen molar-refractivity contribution in [3.05, 3.63) is 62.7 Å². The van der Waals surface area contributed by atoms with Crippen LogP contribution >= 0.6 is 15.9 Å². The zero-order valence-electron chi connectivity index (χ0n) is 16.5. The van der Waals surface area contributed by atoms with Gasteiger partial charge in [-0.25, -0.2) is 0 Å². The SMILES string of the molecule is CC1=CC(=O)C2=C(C[C@@H]3C(=CC[C@@H]4C(=O)N(O)C(=O)[C@@H]43)[C@@H]2c2cc(Br)ccc2O)C1=O. The molecular formula is C23H18BrNO6. The standard InChI is InChI=1S/C23H18BrNO6/c1-9-6-17(27)20-15(21(9)28)8-13-11(18(20)14-7-10(24)2-5-16(14)26)3-4-12-19(13)23(30)25(31)22(12)29/h2-3,5-7,12-13,18-19,26,31H,4,8H2,1H3/t12-,13+,18+,19-/m0/s1. The van der Waals surface area contributed by atoms with Crippen molar-refractivity contribution in [1.82, 2.24) is 5.06 Å². The Bertz CT molecular complexity index is 1190. The summed E-state index contributed by atoms with van der Waals surface area (Å²) in [6, 6.07) is 4.87. The smallest absolute Gasteiger partial charge is 0.257 e. The van der Waals surface area contributed by atoms with Gasteiger partial charge < -0.3 is 5.11 Å². The number of hydroxylamine groups is 2. The molecule has 158 valence electrons. The number of carbonyl (C=O) groups excluding carboxylic acids is 4. The third kappa shape index (κ3) is 2.74. The summed E-state index contributed by atoms with van der Waals surface area (Å²) in [4.78, 5) is 51.2. The van der Waals surface area contributed by atoms with Gasteiger partial charge in [0.25, 0.3) is 11.8 Å². The molecule has 0 bridgehead atoms. The number of carbonyl (C=O) groups is 4. The summed E-state index contributed by atoms with van der Waals surface area (Å²) in [5.74, 6) is -4.69. The molecule has 8 heteroatoms. The Morgan fingerprint density at radius 2 is 1.84 bits per heavy atom. The van der Waals surface area contributed by atoms with E-state index in [1.54, 1.807) is 19.1 Å². The first-order valence-electron chi connectivity index (χ1n) is 9.96. The molecule has 3 aliphatic carbocycles. The summed E-state index contributed by atoms with van der Waals surface area (Å²) >= 11 is 3.40. The Kier molecular flexibility index (Phi) is 4.43. The van der Waals surface area contributed by atoms with Crippen molar-refractivity contribution in [3.63, 3.8) is 0 Å². The number of allylic oxidation sites excluding steroid dienone is 6. The number of fused-ring (bicyclic) bond motifs is 3. The molecule has 0 spiro atoms. The molecule has 1 aliphatic heterocycles. The number of aromatic hydroxyl groups is 1. The Labute approximate surface area is 185 Å². The average Bonchev–Trinajstić information content (AvgIpc) is 2.96. The number of hydrogen-bond donors (Lipinski definition) is 2. The molecule has 2 N–H and O–H groups in total. The third-order valence-electron chi connectivity index (χ3n) is 6.84. The number of Topliss-reactive ketones (excluding diaryl/α,β-unsaturated/α-hetero) is 1. The van der Waals surface area contributed by atoms with Gasteiger partial charge in [-0.3, -0.25) is 24.4 Å². The van der Waals surface area contributed by atoms with Crippen LogP contribution in [0.1, 0.15) is 31.2 Å². The van der Waals surface area contributed by atoms with Gasteiger partial charge in [-0.15, -0.1) is 0 Å². The van der Waals surface area contributed by atoms with E-state index in [1.165, 1.54) is 12.1 Å². The van der Waals surface area contributed by atoms with Crippen LogP contribution in [-0.4, -0.2) is 38.8 Å². The van der Waals surface area contributed by atoms with Crippen molar-refractivity contribution < 1.29 is 29.5 Å². The lowest BCUT2D eigenvalue weighted by Gasteiger charge is -2.42. The van der Waals surface area contributed by atoms with Gasteiger partial charge >= 0.3 is 0 Å². The molecule has 1 saturated heterocycles. The average molecular weight is 484 g/mol. The van der Waals surface area contributed by atoms with Gasteiger partial charge in [0.05, 0.1) is 11.8 Å². The van der Waals surface area contributed by atoms with Crippen LogP contribution in [0.2, 0.25) is 0 Å². The maximum absolute atomic E-state index is 13.1. The number of rotatable bonds is 1. The topological polar surface area (TPSA) is 112 Å². The van der Waals surface area contributed by atoms with E-state index in [2.05, 4.69) is 15.9 Å². The number of hydrogen-bond acceptors (Lipinski definition) is 6.